The maximum absolute atomic E-state index is 5.47. The predicted molar refractivity (Wildman–Crippen MR) is 53.1 cm³/mol. The Kier molecular flexibility index (Phi) is 4.62. The maximum atomic E-state index is 5.47. The highest BCUT2D eigenvalue weighted by atomic mass is 15.1. The Labute approximate surface area is 76.1 Å². The van der Waals surface area contributed by atoms with Crippen molar-refractivity contribution in [2.24, 2.45) is 11.7 Å². The van der Waals surface area contributed by atoms with Crippen LogP contribution in [0.3, 0.4) is 0 Å². The van der Waals surface area contributed by atoms with Gasteiger partial charge in [-0.25, -0.2) is 0 Å². The number of nitrogens with two attached hydrogens (primary N) is 1. The Hall–Kier alpha value is -0.0800. The zero-order chi connectivity index (χ0) is 8.81. The topological polar surface area (TPSA) is 29.3 Å². The van der Waals surface area contributed by atoms with Crippen LogP contribution in [0.5, 0.6) is 0 Å². The van der Waals surface area contributed by atoms with Gasteiger partial charge in [-0.3, -0.25) is 0 Å². The number of hydrogen-bond acceptors (Lipinski definition) is 2. The Morgan fingerprint density at radius 1 is 1.25 bits per heavy atom. The Balaban J connectivity index is 1.99. The van der Waals surface area contributed by atoms with Crippen molar-refractivity contribution < 1.29 is 0 Å². The molecule has 0 spiro atoms. The summed E-state index contributed by atoms with van der Waals surface area (Å²) in [6.07, 6.45) is 7.25. The SMILES string of the molecule is CN(CCN)CCC1CCCC1. The predicted octanol–water partition coefficient (Wildman–Crippen LogP) is 1.46. The quantitative estimate of drug-likeness (QED) is 0.677. The monoisotopic (exact) mass is 170 g/mol. The molecule has 2 heteroatoms. The normalized spacial score (nSPS) is 19.2. The number of rotatable bonds is 5. The van der Waals surface area contributed by atoms with Gasteiger partial charge in [-0.15, -0.1) is 0 Å². The van der Waals surface area contributed by atoms with Crippen LogP contribution in [-0.4, -0.2) is 31.6 Å². The van der Waals surface area contributed by atoms with E-state index in [0.29, 0.717) is 0 Å². The van der Waals surface area contributed by atoms with Crippen LogP contribution in [0.25, 0.3) is 0 Å². The molecule has 12 heavy (non-hydrogen) atoms. The lowest BCUT2D eigenvalue weighted by Crippen LogP contribution is -2.27. The van der Waals surface area contributed by atoms with E-state index >= 15 is 0 Å². The largest absolute Gasteiger partial charge is 0.329 e. The first-order valence-electron chi connectivity index (χ1n) is 5.21. The average Bonchev–Trinajstić information content (AvgIpc) is 2.53. The first kappa shape index (κ1) is 10.0. The van der Waals surface area contributed by atoms with Crippen LogP contribution >= 0.6 is 0 Å². The maximum Gasteiger partial charge on any atom is 0.0102 e. The van der Waals surface area contributed by atoms with Crippen molar-refractivity contribution >= 4 is 0 Å². The van der Waals surface area contributed by atoms with Crippen molar-refractivity contribution in [1.29, 1.82) is 0 Å². The number of nitrogens with zero attached hydrogens (tertiary/aromatic N) is 1. The van der Waals surface area contributed by atoms with Crippen molar-refractivity contribution in [3.8, 4) is 0 Å². The van der Waals surface area contributed by atoms with Crippen LogP contribution in [0.4, 0.5) is 0 Å². The first-order chi connectivity index (χ1) is 5.83. The van der Waals surface area contributed by atoms with Crippen LogP contribution < -0.4 is 5.73 Å². The summed E-state index contributed by atoms with van der Waals surface area (Å²) in [5.74, 6) is 1.02. The van der Waals surface area contributed by atoms with Gasteiger partial charge in [-0.05, 0) is 25.9 Å². The van der Waals surface area contributed by atoms with Gasteiger partial charge in [0.1, 0.15) is 0 Å². The fourth-order valence-electron chi connectivity index (χ4n) is 2.03. The van der Waals surface area contributed by atoms with Gasteiger partial charge in [0.15, 0.2) is 0 Å². The molecule has 0 radical (unpaired) electrons. The molecular formula is C10H22N2. The molecule has 1 fully saturated rings. The Bertz CT molecular complexity index is 108. The van der Waals surface area contributed by atoms with E-state index in [0.717, 1.165) is 19.0 Å². The third-order valence-electron chi connectivity index (χ3n) is 2.90. The lowest BCUT2D eigenvalue weighted by atomic mass is 10.0. The summed E-state index contributed by atoms with van der Waals surface area (Å²) < 4.78 is 0. The summed E-state index contributed by atoms with van der Waals surface area (Å²) in [4.78, 5) is 2.35. The summed E-state index contributed by atoms with van der Waals surface area (Å²) in [7, 11) is 2.17. The van der Waals surface area contributed by atoms with Gasteiger partial charge in [0.25, 0.3) is 0 Å². The van der Waals surface area contributed by atoms with Gasteiger partial charge < -0.3 is 10.6 Å². The second kappa shape index (κ2) is 5.55. The lowest BCUT2D eigenvalue weighted by molar-refractivity contribution is 0.307. The third-order valence-corrected chi connectivity index (χ3v) is 2.90. The van der Waals surface area contributed by atoms with E-state index in [2.05, 4.69) is 11.9 Å². The van der Waals surface area contributed by atoms with E-state index in [4.69, 9.17) is 5.73 Å². The molecular weight excluding hydrogens is 148 g/mol. The van der Waals surface area contributed by atoms with Crippen molar-refractivity contribution in [1.82, 2.24) is 4.90 Å². The zero-order valence-corrected chi connectivity index (χ0v) is 8.26. The van der Waals surface area contributed by atoms with E-state index < -0.39 is 0 Å². The molecule has 0 heterocycles. The number of hydrogen-bond donors (Lipinski definition) is 1. The van der Waals surface area contributed by atoms with Gasteiger partial charge in [-0.2, -0.15) is 0 Å². The lowest BCUT2D eigenvalue weighted by Gasteiger charge is -2.17. The van der Waals surface area contributed by atoms with E-state index in [1.165, 1.54) is 38.6 Å². The van der Waals surface area contributed by atoms with Gasteiger partial charge in [0, 0.05) is 13.1 Å². The van der Waals surface area contributed by atoms with Crippen LogP contribution in [-0.2, 0) is 0 Å². The highest BCUT2D eigenvalue weighted by molar-refractivity contribution is 4.68. The summed E-state index contributed by atoms with van der Waals surface area (Å²) in [6.45, 7) is 3.08. The third kappa shape index (κ3) is 3.55. The number of likely N-dealkylation sites (N-methyl/N-ethyl adjacent to an activating group) is 1. The standard InChI is InChI=1S/C10H22N2/c1-12(9-7-11)8-6-10-4-2-3-5-10/h10H,2-9,11H2,1H3. The summed E-state index contributed by atoms with van der Waals surface area (Å²) in [6, 6.07) is 0. The molecule has 2 nitrogen and oxygen atoms in total. The fourth-order valence-corrected chi connectivity index (χ4v) is 2.03. The highest BCUT2D eigenvalue weighted by Gasteiger charge is 2.14. The van der Waals surface area contributed by atoms with Crippen molar-refractivity contribution in [3.63, 3.8) is 0 Å². The van der Waals surface area contributed by atoms with Gasteiger partial charge in [0.05, 0.1) is 0 Å². The molecule has 72 valence electrons. The molecule has 0 aromatic carbocycles. The van der Waals surface area contributed by atoms with Crippen molar-refractivity contribution in [3.05, 3.63) is 0 Å². The van der Waals surface area contributed by atoms with Gasteiger partial charge in [0.2, 0.25) is 0 Å². The highest BCUT2D eigenvalue weighted by Crippen LogP contribution is 2.27. The van der Waals surface area contributed by atoms with E-state index in [9.17, 15) is 0 Å². The molecule has 0 atom stereocenters. The van der Waals surface area contributed by atoms with Crippen molar-refractivity contribution in [2.45, 2.75) is 32.1 Å². The molecule has 0 amide bonds. The molecule has 2 N–H and O–H groups in total. The summed E-state index contributed by atoms with van der Waals surface area (Å²) in [5.41, 5.74) is 5.47. The van der Waals surface area contributed by atoms with Crippen LogP contribution in [0, 0.1) is 5.92 Å². The molecule has 0 aromatic heterocycles. The van der Waals surface area contributed by atoms with Crippen LogP contribution in [0.2, 0.25) is 0 Å². The minimum atomic E-state index is 0.793. The second-order valence-electron chi connectivity index (χ2n) is 4.03. The summed E-state index contributed by atoms with van der Waals surface area (Å²) >= 11 is 0. The fraction of sp³-hybridized carbons (Fsp3) is 1.00. The average molecular weight is 170 g/mol. The zero-order valence-electron chi connectivity index (χ0n) is 8.26. The molecule has 1 aliphatic carbocycles. The van der Waals surface area contributed by atoms with Gasteiger partial charge in [-0.1, -0.05) is 25.7 Å². The van der Waals surface area contributed by atoms with Gasteiger partial charge >= 0.3 is 0 Å². The molecule has 0 aromatic rings. The molecule has 0 unspecified atom stereocenters. The smallest absolute Gasteiger partial charge is 0.0102 e. The van der Waals surface area contributed by atoms with E-state index in [-0.39, 0.29) is 0 Å². The Morgan fingerprint density at radius 2 is 1.92 bits per heavy atom. The van der Waals surface area contributed by atoms with E-state index in [1.807, 2.05) is 0 Å². The van der Waals surface area contributed by atoms with Crippen LogP contribution in [0.1, 0.15) is 32.1 Å². The molecule has 1 rings (SSSR count). The van der Waals surface area contributed by atoms with Crippen LogP contribution in [0.15, 0.2) is 0 Å². The summed E-state index contributed by atoms with van der Waals surface area (Å²) in [5, 5.41) is 0. The Morgan fingerprint density at radius 3 is 2.50 bits per heavy atom. The van der Waals surface area contributed by atoms with E-state index in [1.54, 1.807) is 0 Å². The second-order valence-corrected chi connectivity index (χ2v) is 4.03. The molecule has 0 bridgehead atoms. The molecule has 1 aliphatic rings. The molecule has 0 aliphatic heterocycles. The first-order valence-corrected chi connectivity index (χ1v) is 5.21. The van der Waals surface area contributed by atoms with Crippen molar-refractivity contribution in [2.75, 3.05) is 26.7 Å². The molecule has 1 saturated carbocycles. The molecule has 0 saturated heterocycles. The minimum absolute atomic E-state index is 0.793. The minimum Gasteiger partial charge on any atom is -0.329 e.